The first kappa shape index (κ1) is 35.8. The fraction of sp³-hybridized carbons (Fsp3) is 0.400. The average Bonchev–Trinajstić information content (AvgIpc) is 3.08. The van der Waals surface area contributed by atoms with Gasteiger partial charge in [0.15, 0.2) is 0 Å². The number of hydrogen-bond donors (Lipinski definition) is 3. The van der Waals surface area contributed by atoms with Gasteiger partial charge in [-0.05, 0) is 84.1 Å². The maximum atomic E-state index is 10.5. The second-order valence-corrected chi connectivity index (χ2v) is 13.2. The molecule has 47 heavy (non-hydrogen) atoms. The van der Waals surface area contributed by atoms with Gasteiger partial charge in [-0.15, -0.1) is 0 Å². The van der Waals surface area contributed by atoms with E-state index in [0.717, 1.165) is 33.8 Å². The van der Waals surface area contributed by atoms with Gasteiger partial charge in [0.1, 0.15) is 55.5 Å². The maximum absolute atomic E-state index is 10.5. The van der Waals surface area contributed by atoms with Crippen LogP contribution in [0.4, 0.5) is 0 Å². The molecule has 4 rings (SSSR count). The van der Waals surface area contributed by atoms with E-state index in [0.29, 0.717) is 17.9 Å². The summed E-state index contributed by atoms with van der Waals surface area (Å²) in [4.78, 5) is 0. The van der Waals surface area contributed by atoms with Crippen LogP contribution in [0.3, 0.4) is 0 Å². The van der Waals surface area contributed by atoms with E-state index >= 15 is 0 Å². The quantitative estimate of drug-likeness (QED) is 0.113. The molecule has 0 saturated carbocycles. The summed E-state index contributed by atoms with van der Waals surface area (Å²) < 4.78 is 23.0. The number of hydrogen-bond acceptors (Lipinski definition) is 7. The van der Waals surface area contributed by atoms with E-state index in [2.05, 4.69) is 39.8 Å². The third kappa shape index (κ3) is 9.97. The molecule has 7 nitrogen and oxygen atoms in total. The molecule has 0 aliphatic rings. The molecule has 0 aromatic heterocycles. The standard InChI is InChI=1S/C40H50O7/c1-7-33(42)25-45-36-18-10-30(11-19-36)40(5,6)32-14-22-38(23-15-32)47-27-34(43)26-46-37-20-12-31(13-21-37)39(3,4)29-8-16-35(17-9-29)44-24-28(2)41/h8-23,28,33-34,41-43H,7,24-27H2,1-6H3. The lowest BCUT2D eigenvalue weighted by Gasteiger charge is -2.27. The predicted octanol–water partition coefficient (Wildman–Crippen LogP) is 7.07. The minimum Gasteiger partial charge on any atom is -0.491 e. The molecule has 3 unspecified atom stereocenters. The highest BCUT2D eigenvalue weighted by Crippen LogP contribution is 2.35. The van der Waals surface area contributed by atoms with Gasteiger partial charge in [0.25, 0.3) is 0 Å². The Hall–Kier alpha value is -4.04. The summed E-state index contributed by atoms with van der Waals surface area (Å²) in [6, 6.07) is 31.8. The molecule has 0 radical (unpaired) electrons. The lowest BCUT2D eigenvalue weighted by atomic mass is 9.78. The summed E-state index contributed by atoms with van der Waals surface area (Å²) >= 11 is 0. The van der Waals surface area contributed by atoms with Crippen molar-refractivity contribution in [2.75, 3.05) is 26.4 Å². The van der Waals surface area contributed by atoms with Crippen molar-refractivity contribution in [3.05, 3.63) is 119 Å². The smallest absolute Gasteiger partial charge is 0.122 e. The highest BCUT2D eigenvalue weighted by Gasteiger charge is 2.24. The third-order valence-corrected chi connectivity index (χ3v) is 8.59. The maximum Gasteiger partial charge on any atom is 0.122 e. The molecule has 0 aliphatic carbocycles. The first-order valence-corrected chi connectivity index (χ1v) is 16.4. The van der Waals surface area contributed by atoms with Crippen LogP contribution in [0.25, 0.3) is 0 Å². The summed E-state index contributed by atoms with van der Waals surface area (Å²) in [6.07, 6.45) is -1.11. The Kier molecular flexibility index (Phi) is 12.3. The monoisotopic (exact) mass is 642 g/mol. The van der Waals surface area contributed by atoms with Gasteiger partial charge in [0.05, 0.1) is 12.2 Å². The largest absolute Gasteiger partial charge is 0.491 e. The highest BCUT2D eigenvalue weighted by atomic mass is 16.5. The van der Waals surface area contributed by atoms with Crippen molar-refractivity contribution >= 4 is 0 Å². The summed E-state index contributed by atoms with van der Waals surface area (Å²) in [5.41, 5.74) is 4.08. The van der Waals surface area contributed by atoms with Gasteiger partial charge in [0.2, 0.25) is 0 Å². The van der Waals surface area contributed by atoms with Gasteiger partial charge >= 0.3 is 0 Å². The Morgan fingerprint density at radius 3 is 0.957 bits per heavy atom. The van der Waals surface area contributed by atoms with Crippen LogP contribution in [-0.4, -0.2) is 60.1 Å². The van der Waals surface area contributed by atoms with Crippen molar-refractivity contribution in [2.24, 2.45) is 0 Å². The van der Waals surface area contributed by atoms with Crippen molar-refractivity contribution in [2.45, 2.75) is 77.1 Å². The average molecular weight is 643 g/mol. The van der Waals surface area contributed by atoms with Crippen molar-refractivity contribution in [1.82, 2.24) is 0 Å². The summed E-state index contributed by atoms with van der Waals surface area (Å²) in [7, 11) is 0. The number of rotatable bonds is 17. The molecule has 0 saturated heterocycles. The van der Waals surface area contributed by atoms with Gasteiger partial charge in [-0.3, -0.25) is 0 Å². The lowest BCUT2D eigenvalue weighted by molar-refractivity contribution is 0.0626. The van der Waals surface area contributed by atoms with E-state index in [4.69, 9.17) is 18.9 Å². The van der Waals surface area contributed by atoms with Crippen LogP contribution in [0.2, 0.25) is 0 Å². The zero-order chi connectivity index (χ0) is 34.0. The lowest BCUT2D eigenvalue weighted by Crippen LogP contribution is -2.25. The van der Waals surface area contributed by atoms with E-state index in [-0.39, 0.29) is 37.3 Å². The zero-order valence-corrected chi connectivity index (χ0v) is 28.5. The zero-order valence-electron chi connectivity index (χ0n) is 28.5. The molecule has 0 amide bonds. The third-order valence-electron chi connectivity index (χ3n) is 8.59. The molecule has 3 atom stereocenters. The molecular formula is C40H50O7. The first-order chi connectivity index (χ1) is 22.4. The minimum atomic E-state index is -0.795. The molecule has 252 valence electrons. The Morgan fingerprint density at radius 1 is 0.447 bits per heavy atom. The van der Waals surface area contributed by atoms with Crippen LogP contribution in [0.5, 0.6) is 23.0 Å². The molecule has 0 spiro atoms. The summed E-state index contributed by atoms with van der Waals surface area (Å²) in [5, 5.41) is 29.7. The number of ether oxygens (including phenoxy) is 4. The van der Waals surface area contributed by atoms with Crippen molar-refractivity contribution < 1.29 is 34.3 Å². The Labute approximate surface area is 279 Å². The Morgan fingerprint density at radius 2 is 0.702 bits per heavy atom. The van der Waals surface area contributed by atoms with Crippen LogP contribution < -0.4 is 18.9 Å². The predicted molar refractivity (Wildman–Crippen MR) is 186 cm³/mol. The second kappa shape index (κ2) is 16.2. The number of benzene rings is 4. The molecule has 0 bridgehead atoms. The minimum absolute atomic E-state index is 0.110. The molecule has 4 aromatic carbocycles. The fourth-order valence-corrected chi connectivity index (χ4v) is 5.16. The van der Waals surface area contributed by atoms with Crippen LogP contribution >= 0.6 is 0 Å². The fourth-order valence-electron chi connectivity index (χ4n) is 5.16. The van der Waals surface area contributed by atoms with Crippen LogP contribution in [0.1, 0.15) is 70.2 Å². The SMILES string of the molecule is CCC(O)COc1ccc(C(C)(C)c2ccc(OCC(O)COc3ccc(C(C)(C)c4ccc(OCC(C)O)cc4)cc3)cc2)cc1. The van der Waals surface area contributed by atoms with E-state index in [1.54, 1.807) is 6.92 Å². The van der Waals surface area contributed by atoms with Crippen molar-refractivity contribution in [3.8, 4) is 23.0 Å². The Bertz CT molecular complexity index is 1490. The van der Waals surface area contributed by atoms with Crippen LogP contribution in [0.15, 0.2) is 97.1 Å². The first-order valence-electron chi connectivity index (χ1n) is 16.4. The van der Waals surface area contributed by atoms with Crippen LogP contribution in [-0.2, 0) is 10.8 Å². The van der Waals surface area contributed by atoms with Gasteiger partial charge < -0.3 is 34.3 Å². The molecule has 0 aliphatic heterocycles. The van der Waals surface area contributed by atoms with Gasteiger partial charge in [-0.25, -0.2) is 0 Å². The molecular weight excluding hydrogens is 592 g/mol. The Balaban J connectivity index is 1.24. The topological polar surface area (TPSA) is 97.6 Å². The van der Waals surface area contributed by atoms with E-state index < -0.39 is 18.3 Å². The number of aliphatic hydroxyl groups is 3. The van der Waals surface area contributed by atoms with Crippen LogP contribution in [0, 0.1) is 0 Å². The van der Waals surface area contributed by atoms with Gasteiger partial charge in [0, 0.05) is 10.8 Å². The molecule has 3 N–H and O–H groups in total. The summed E-state index contributed by atoms with van der Waals surface area (Å²) in [5.74, 6) is 2.82. The second-order valence-electron chi connectivity index (χ2n) is 13.2. The number of aliphatic hydroxyl groups excluding tert-OH is 3. The molecule has 0 heterocycles. The van der Waals surface area contributed by atoms with E-state index in [1.807, 2.05) is 91.9 Å². The molecule has 7 heteroatoms. The summed E-state index contributed by atoms with van der Waals surface area (Å²) in [6.45, 7) is 13.1. The van der Waals surface area contributed by atoms with E-state index in [9.17, 15) is 15.3 Å². The van der Waals surface area contributed by atoms with Crippen molar-refractivity contribution in [3.63, 3.8) is 0 Å². The van der Waals surface area contributed by atoms with Gasteiger partial charge in [-0.1, -0.05) is 83.1 Å². The van der Waals surface area contributed by atoms with Gasteiger partial charge in [-0.2, -0.15) is 0 Å². The normalized spacial score (nSPS) is 13.8. The molecule has 0 fully saturated rings. The van der Waals surface area contributed by atoms with E-state index in [1.165, 1.54) is 0 Å². The molecule has 4 aromatic rings. The van der Waals surface area contributed by atoms with Crippen molar-refractivity contribution in [1.29, 1.82) is 0 Å². The highest BCUT2D eigenvalue weighted by molar-refractivity contribution is 5.43.